The van der Waals surface area contributed by atoms with Gasteiger partial charge in [0.2, 0.25) is 0 Å². The van der Waals surface area contributed by atoms with Crippen LogP contribution in [0.3, 0.4) is 0 Å². The van der Waals surface area contributed by atoms with Gasteiger partial charge in [0.1, 0.15) is 24.0 Å². The maximum Gasteiger partial charge on any atom is 0.150 e. The summed E-state index contributed by atoms with van der Waals surface area (Å²) in [5.74, 6) is 3.64. The van der Waals surface area contributed by atoms with Crippen molar-refractivity contribution in [2.75, 3.05) is 19.7 Å². The summed E-state index contributed by atoms with van der Waals surface area (Å²) in [6, 6.07) is 9.71. The van der Waals surface area contributed by atoms with Gasteiger partial charge in [-0.1, -0.05) is 18.9 Å². The number of rotatable bonds is 5. The number of hydrogen-bond acceptors (Lipinski definition) is 5. The van der Waals surface area contributed by atoms with Crippen LogP contribution in [0.1, 0.15) is 61.8 Å². The van der Waals surface area contributed by atoms with Crippen molar-refractivity contribution in [2.24, 2.45) is 0 Å². The van der Waals surface area contributed by atoms with Gasteiger partial charge in [-0.3, -0.25) is 4.90 Å². The van der Waals surface area contributed by atoms with E-state index < -0.39 is 0 Å². The van der Waals surface area contributed by atoms with E-state index in [4.69, 9.17) is 10.00 Å². The molecule has 1 aliphatic carbocycles. The van der Waals surface area contributed by atoms with E-state index in [0.29, 0.717) is 18.1 Å². The summed E-state index contributed by atoms with van der Waals surface area (Å²) in [7, 11) is 0. The molecule has 0 saturated heterocycles. The largest absolute Gasteiger partial charge is 0.492 e. The van der Waals surface area contributed by atoms with E-state index in [1.807, 2.05) is 12.1 Å². The van der Waals surface area contributed by atoms with Gasteiger partial charge >= 0.3 is 0 Å². The van der Waals surface area contributed by atoms with Gasteiger partial charge in [0, 0.05) is 25.6 Å². The number of nitrogens with zero attached hydrogens (tertiary/aromatic N) is 5. The lowest BCUT2D eigenvalue weighted by Crippen LogP contribution is -2.39. The van der Waals surface area contributed by atoms with E-state index in [0.717, 1.165) is 31.2 Å². The highest BCUT2D eigenvalue weighted by Gasteiger charge is 2.31. The summed E-state index contributed by atoms with van der Waals surface area (Å²) in [6.45, 7) is 5.59. The maximum absolute atomic E-state index is 8.97. The molecule has 4 rings (SSSR count). The molecular formula is C20H25N5O. The van der Waals surface area contributed by atoms with Crippen molar-refractivity contribution in [1.82, 2.24) is 19.7 Å². The molecule has 6 nitrogen and oxygen atoms in total. The second-order valence-corrected chi connectivity index (χ2v) is 7.25. The topological polar surface area (TPSA) is 67.0 Å². The molecule has 0 radical (unpaired) electrons. The maximum atomic E-state index is 8.97. The monoisotopic (exact) mass is 351 g/mol. The first-order chi connectivity index (χ1) is 12.8. The third kappa shape index (κ3) is 3.32. The Balaban J connectivity index is 1.37. The zero-order chi connectivity index (χ0) is 17.9. The average Bonchev–Trinajstić information content (AvgIpc) is 3.33. The Kier molecular flexibility index (Phi) is 4.89. The first-order valence-corrected chi connectivity index (χ1v) is 9.56. The van der Waals surface area contributed by atoms with E-state index in [9.17, 15) is 0 Å². The minimum Gasteiger partial charge on any atom is -0.492 e. The van der Waals surface area contributed by atoms with Gasteiger partial charge < -0.3 is 9.30 Å². The van der Waals surface area contributed by atoms with Crippen LogP contribution in [-0.2, 0) is 6.54 Å². The van der Waals surface area contributed by atoms with E-state index >= 15 is 0 Å². The fraction of sp³-hybridized carbons (Fsp3) is 0.550. The SMILES string of the molecule is CC1c2nnc(C3CCCC3)n2CCN1CCOc1cccc(C#N)c1. The lowest BCUT2D eigenvalue weighted by Gasteiger charge is -2.33. The van der Waals surface area contributed by atoms with Gasteiger partial charge in [-0.05, 0) is 38.0 Å². The number of aromatic nitrogens is 3. The van der Waals surface area contributed by atoms with E-state index in [1.165, 1.54) is 31.5 Å². The Bertz CT molecular complexity index is 803. The Morgan fingerprint density at radius 3 is 2.81 bits per heavy atom. The molecule has 1 aromatic carbocycles. The highest BCUT2D eigenvalue weighted by atomic mass is 16.5. The molecule has 0 N–H and O–H groups in total. The Morgan fingerprint density at radius 1 is 1.19 bits per heavy atom. The molecule has 2 aromatic rings. The molecule has 2 aliphatic rings. The van der Waals surface area contributed by atoms with Crippen molar-refractivity contribution in [3.8, 4) is 11.8 Å². The number of fused-ring (bicyclic) bond motifs is 1. The molecule has 0 bridgehead atoms. The number of ether oxygens (including phenoxy) is 1. The van der Waals surface area contributed by atoms with Gasteiger partial charge in [0.25, 0.3) is 0 Å². The fourth-order valence-corrected chi connectivity index (χ4v) is 4.18. The van der Waals surface area contributed by atoms with Crippen LogP contribution >= 0.6 is 0 Å². The van der Waals surface area contributed by atoms with Gasteiger partial charge in [0.15, 0.2) is 0 Å². The van der Waals surface area contributed by atoms with Gasteiger partial charge in [-0.25, -0.2) is 0 Å². The molecule has 136 valence electrons. The molecule has 2 heterocycles. The Labute approximate surface area is 154 Å². The van der Waals surface area contributed by atoms with Crippen LogP contribution in [-0.4, -0.2) is 39.4 Å². The average molecular weight is 351 g/mol. The smallest absolute Gasteiger partial charge is 0.150 e. The Morgan fingerprint density at radius 2 is 2.00 bits per heavy atom. The summed E-state index contributed by atoms with van der Waals surface area (Å²) < 4.78 is 8.19. The number of hydrogen-bond donors (Lipinski definition) is 0. The molecule has 0 amide bonds. The quantitative estimate of drug-likeness (QED) is 0.827. The fourth-order valence-electron chi connectivity index (χ4n) is 4.18. The van der Waals surface area contributed by atoms with Crippen molar-refractivity contribution < 1.29 is 4.74 Å². The first kappa shape index (κ1) is 17.0. The van der Waals surface area contributed by atoms with Crippen LogP contribution in [0.15, 0.2) is 24.3 Å². The summed E-state index contributed by atoms with van der Waals surface area (Å²) >= 11 is 0. The molecule has 1 fully saturated rings. The summed E-state index contributed by atoms with van der Waals surface area (Å²) in [5.41, 5.74) is 0.626. The van der Waals surface area contributed by atoms with Gasteiger partial charge in [0.05, 0.1) is 17.7 Å². The molecule has 26 heavy (non-hydrogen) atoms. The zero-order valence-electron chi connectivity index (χ0n) is 15.3. The second kappa shape index (κ2) is 7.46. The van der Waals surface area contributed by atoms with Crippen LogP contribution in [0.25, 0.3) is 0 Å². The summed E-state index contributed by atoms with van der Waals surface area (Å²) in [6.07, 6.45) is 5.15. The zero-order valence-corrected chi connectivity index (χ0v) is 15.3. The first-order valence-electron chi connectivity index (χ1n) is 9.56. The normalized spacial score (nSPS) is 20.7. The minimum atomic E-state index is 0.250. The third-order valence-corrected chi connectivity index (χ3v) is 5.67. The van der Waals surface area contributed by atoms with Crippen molar-refractivity contribution in [3.05, 3.63) is 41.5 Å². The standard InChI is InChI=1S/C20H25N5O/c1-15-19-22-23-20(17-6-2-3-7-17)25(19)10-9-24(15)11-12-26-18-8-4-5-16(13-18)14-21/h4-5,8,13,15,17H,2-3,6-7,9-12H2,1H3. The molecule has 1 atom stereocenters. The molecule has 1 unspecified atom stereocenters. The molecule has 0 spiro atoms. The third-order valence-electron chi connectivity index (χ3n) is 5.67. The predicted molar refractivity (Wildman–Crippen MR) is 97.9 cm³/mol. The van der Waals surface area contributed by atoms with Crippen LogP contribution in [0.2, 0.25) is 0 Å². The molecule has 6 heteroatoms. The van der Waals surface area contributed by atoms with Gasteiger partial charge in [-0.15, -0.1) is 10.2 Å². The minimum absolute atomic E-state index is 0.250. The molecule has 1 aromatic heterocycles. The second-order valence-electron chi connectivity index (χ2n) is 7.25. The lowest BCUT2D eigenvalue weighted by atomic mass is 10.1. The number of benzene rings is 1. The van der Waals surface area contributed by atoms with Crippen molar-refractivity contribution >= 4 is 0 Å². The lowest BCUT2D eigenvalue weighted by molar-refractivity contribution is 0.134. The van der Waals surface area contributed by atoms with Crippen LogP contribution in [0.4, 0.5) is 0 Å². The van der Waals surface area contributed by atoms with E-state index in [-0.39, 0.29) is 6.04 Å². The molecule has 1 saturated carbocycles. The molecule has 1 aliphatic heterocycles. The van der Waals surface area contributed by atoms with Crippen molar-refractivity contribution in [3.63, 3.8) is 0 Å². The summed E-state index contributed by atoms with van der Waals surface area (Å²) in [4.78, 5) is 2.40. The highest BCUT2D eigenvalue weighted by Crippen LogP contribution is 2.35. The van der Waals surface area contributed by atoms with E-state index in [1.54, 1.807) is 12.1 Å². The van der Waals surface area contributed by atoms with Crippen molar-refractivity contribution in [2.45, 2.75) is 51.1 Å². The van der Waals surface area contributed by atoms with Gasteiger partial charge in [-0.2, -0.15) is 5.26 Å². The van der Waals surface area contributed by atoms with Crippen LogP contribution < -0.4 is 4.74 Å². The Hall–Kier alpha value is -2.39. The molecular weight excluding hydrogens is 326 g/mol. The summed E-state index contributed by atoms with van der Waals surface area (Å²) in [5, 5.41) is 18.0. The van der Waals surface area contributed by atoms with E-state index in [2.05, 4.69) is 32.7 Å². The predicted octanol–water partition coefficient (Wildman–Crippen LogP) is 3.26. The highest BCUT2D eigenvalue weighted by molar-refractivity contribution is 5.36. The number of nitriles is 1. The van der Waals surface area contributed by atoms with Crippen molar-refractivity contribution in [1.29, 1.82) is 5.26 Å². The van der Waals surface area contributed by atoms with Crippen LogP contribution in [0.5, 0.6) is 5.75 Å². The van der Waals surface area contributed by atoms with Crippen LogP contribution in [0, 0.1) is 11.3 Å².